The summed E-state index contributed by atoms with van der Waals surface area (Å²) >= 11 is 0. The highest BCUT2D eigenvalue weighted by Crippen LogP contribution is 2.28. The van der Waals surface area contributed by atoms with E-state index in [0.717, 1.165) is 52.0 Å². The summed E-state index contributed by atoms with van der Waals surface area (Å²) in [7, 11) is 1.62. The fraction of sp³-hybridized carbons (Fsp3) is 0.522. The van der Waals surface area contributed by atoms with E-state index in [1.54, 1.807) is 32.2 Å². The fourth-order valence-electron chi connectivity index (χ4n) is 4.30. The lowest BCUT2D eigenvalue weighted by molar-refractivity contribution is 0.0738. The van der Waals surface area contributed by atoms with E-state index in [1.165, 1.54) is 6.07 Å². The van der Waals surface area contributed by atoms with E-state index >= 15 is 0 Å². The van der Waals surface area contributed by atoms with Gasteiger partial charge >= 0.3 is 0 Å². The Bertz CT molecular complexity index is 966. The van der Waals surface area contributed by atoms with Crippen molar-refractivity contribution in [3.05, 3.63) is 35.6 Å². The van der Waals surface area contributed by atoms with E-state index < -0.39 is 0 Å². The normalized spacial score (nSPS) is 19.1. The summed E-state index contributed by atoms with van der Waals surface area (Å²) in [4.78, 5) is 23.8. The molecule has 0 unspecified atom stereocenters. The molecule has 8 heteroatoms. The maximum atomic E-state index is 14.4. The number of hydrogen-bond donors (Lipinski definition) is 2. The van der Waals surface area contributed by atoms with Crippen molar-refractivity contribution in [2.45, 2.75) is 44.7 Å². The van der Waals surface area contributed by atoms with Crippen molar-refractivity contribution in [3.8, 4) is 0 Å². The Morgan fingerprint density at radius 1 is 1.19 bits per heavy atom. The Balaban J connectivity index is 1.55. The van der Waals surface area contributed by atoms with Crippen LogP contribution in [-0.4, -0.2) is 62.2 Å². The summed E-state index contributed by atoms with van der Waals surface area (Å²) in [6.07, 6.45) is 4.05. The standard InChI is InChI=1S/C23H30FN5O2/c1-15(25-2)26-23(30)19-14-18-20(24)4-3-5-21(18)28-22(19)29-10-6-16(7-11-29)27-17-8-12-31-13-9-17/h3-5,14,16-17,27H,6-13H2,1-2H3,(H,25,26,30). The third kappa shape index (κ3) is 5.02. The van der Waals surface area contributed by atoms with Gasteiger partial charge in [-0.3, -0.25) is 9.79 Å². The Morgan fingerprint density at radius 3 is 2.61 bits per heavy atom. The van der Waals surface area contributed by atoms with Crippen LogP contribution in [-0.2, 0) is 4.74 Å². The maximum absolute atomic E-state index is 14.4. The van der Waals surface area contributed by atoms with Gasteiger partial charge in [0.15, 0.2) is 0 Å². The maximum Gasteiger partial charge on any atom is 0.260 e. The van der Waals surface area contributed by atoms with Crippen LogP contribution in [0.15, 0.2) is 29.3 Å². The molecule has 0 radical (unpaired) electrons. The second kappa shape index (κ2) is 9.70. The topological polar surface area (TPSA) is 78.9 Å². The molecule has 2 aliphatic rings. The molecule has 4 rings (SSSR count). The number of amidine groups is 1. The van der Waals surface area contributed by atoms with Crippen molar-refractivity contribution in [1.29, 1.82) is 0 Å². The van der Waals surface area contributed by atoms with Crippen LogP contribution in [0, 0.1) is 5.82 Å². The first-order valence-corrected chi connectivity index (χ1v) is 11.0. The molecule has 1 aromatic heterocycles. The molecular formula is C23H30FN5O2. The first-order valence-electron chi connectivity index (χ1n) is 11.0. The third-order valence-corrected chi connectivity index (χ3v) is 6.15. The van der Waals surface area contributed by atoms with E-state index in [2.05, 4.69) is 20.5 Å². The predicted molar refractivity (Wildman–Crippen MR) is 120 cm³/mol. The number of aliphatic imine (C=N–C) groups is 1. The third-order valence-electron chi connectivity index (χ3n) is 6.15. The number of carbonyl (C=O) groups excluding carboxylic acids is 1. The Labute approximate surface area is 182 Å². The Hall–Kier alpha value is -2.58. The SMILES string of the molecule is CN=C(C)NC(=O)c1cc2c(F)cccc2nc1N1CCC(NC2CCOCC2)CC1. The lowest BCUT2D eigenvalue weighted by Crippen LogP contribution is -2.48. The van der Waals surface area contributed by atoms with Crippen LogP contribution in [0.3, 0.4) is 0 Å². The number of amides is 1. The average Bonchev–Trinajstić information content (AvgIpc) is 2.79. The molecule has 2 aliphatic heterocycles. The number of benzene rings is 1. The molecule has 0 saturated carbocycles. The van der Waals surface area contributed by atoms with Gasteiger partial charge in [-0.15, -0.1) is 0 Å². The second-order valence-electron chi connectivity index (χ2n) is 8.24. The summed E-state index contributed by atoms with van der Waals surface area (Å²) in [6.45, 7) is 4.95. The molecule has 2 N–H and O–H groups in total. The lowest BCUT2D eigenvalue weighted by Gasteiger charge is -2.36. The monoisotopic (exact) mass is 427 g/mol. The lowest BCUT2D eigenvalue weighted by atomic mass is 10.0. The zero-order valence-corrected chi connectivity index (χ0v) is 18.2. The van der Waals surface area contributed by atoms with Crippen LogP contribution >= 0.6 is 0 Å². The number of anilines is 1. The Kier molecular flexibility index (Phi) is 6.77. The number of nitrogens with zero attached hydrogens (tertiary/aromatic N) is 3. The van der Waals surface area contributed by atoms with Crippen molar-refractivity contribution < 1.29 is 13.9 Å². The molecule has 166 valence electrons. The zero-order valence-electron chi connectivity index (χ0n) is 18.2. The number of rotatable bonds is 4. The molecule has 1 amide bonds. The number of aromatic nitrogens is 1. The summed E-state index contributed by atoms with van der Waals surface area (Å²) in [5, 5.41) is 6.88. The first-order chi connectivity index (χ1) is 15.0. The van der Waals surface area contributed by atoms with Gasteiger partial charge in [-0.1, -0.05) is 6.07 Å². The van der Waals surface area contributed by atoms with Crippen LogP contribution in [0.25, 0.3) is 10.9 Å². The predicted octanol–water partition coefficient (Wildman–Crippen LogP) is 2.89. The van der Waals surface area contributed by atoms with Crippen LogP contribution in [0.4, 0.5) is 10.2 Å². The first kappa shape index (κ1) is 21.6. The summed E-state index contributed by atoms with van der Waals surface area (Å²) in [5.41, 5.74) is 0.923. The smallest absolute Gasteiger partial charge is 0.260 e. The molecule has 2 fully saturated rings. The molecule has 2 saturated heterocycles. The van der Waals surface area contributed by atoms with Crippen molar-refractivity contribution in [2.24, 2.45) is 4.99 Å². The number of hydrogen-bond acceptors (Lipinski definition) is 6. The van der Waals surface area contributed by atoms with E-state index in [-0.39, 0.29) is 11.7 Å². The minimum absolute atomic E-state index is 0.321. The molecule has 1 aromatic carbocycles. The number of halogens is 1. The highest BCUT2D eigenvalue weighted by Gasteiger charge is 2.27. The molecule has 0 atom stereocenters. The zero-order chi connectivity index (χ0) is 21.8. The highest BCUT2D eigenvalue weighted by atomic mass is 19.1. The van der Waals surface area contributed by atoms with Crippen LogP contribution in [0.5, 0.6) is 0 Å². The molecule has 3 heterocycles. The van der Waals surface area contributed by atoms with E-state index in [1.807, 2.05) is 0 Å². The van der Waals surface area contributed by atoms with Crippen LogP contribution < -0.4 is 15.5 Å². The van der Waals surface area contributed by atoms with Gasteiger partial charge in [0.2, 0.25) is 0 Å². The second-order valence-corrected chi connectivity index (χ2v) is 8.24. The van der Waals surface area contributed by atoms with Crippen molar-refractivity contribution >= 4 is 28.5 Å². The quantitative estimate of drug-likeness (QED) is 0.580. The number of fused-ring (bicyclic) bond motifs is 1. The number of nitrogens with one attached hydrogen (secondary N) is 2. The summed E-state index contributed by atoms with van der Waals surface area (Å²) in [6, 6.07) is 7.39. The minimum atomic E-state index is -0.383. The molecule has 7 nitrogen and oxygen atoms in total. The van der Waals surface area contributed by atoms with E-state index in [0.29, 0.717) is 40.2 Å². The van der Waals surface area contributed by atoms with Crippen molar-refractivity contribution in [1.82, 2.24) is 15.6 Å². The van der Waals surface area contributed by atoms with Crippen LogP contribution in [0.1, 0.15) is 43.0 Å². The Morgan fingerprint density at radius 2 is 1.90 bits per heavy atom. The van der Waals surface area contributed by atoms with E-state index in [9.17, 15) is 9.18 Å². The van der Waals surface area contributed by atoms with Gasteiger partial charge in [0.1, 0.15) is 11.6 Å². The molecule has 0 aliphatic carbocycles. The van der Waals surface area contributed by atoms with Crippen molar-refractivity contribution in [3.63, 3.8) is 0 Å². The number of piperidine rings is 1. The van der Waals surface area contributed by atoms with Gasteiger partial charge in [-0.2, -0.15) is 0 Å². The number of pyridine rings is 1. The van der Waals surface area contributed by atoms with Gasteiger partial charge in [0, 0.05) is 50.8 Å². The van der Waals surface area contributed by atoms with E-state index in [4.69, 9.17) is 9.72 Å². The largest absolute Gasteiger partial charge is 0.381 e. The summed E-state index contributed by atoms with van der Waals surface area (Å²) in [5.74, 6) is 0.400. The number of carbonyl (C=O) groups is 1. The summed E-state index contributed by atoms with van der Waals surface area (Å²) < 4.78 is 19.8. The molecule has 31 heavy (non-hydrogen) atoms. The highest BCUT2D eigenvalue weighted by molar-refractivity contribution is 6.09. The van der Waals surface area contributed by atoms with Crippen molar-refractivity contribution in [2.75, 3.05) is 38.3 Å². The average molecular weight is 428 g/mol. The van der Waals surface area contributed by atoms with Gasteiger partial charge in [-0.25, -0.2) is 9.37 Å². The fourth-order valence-corrected chi connectivity index (χ4v) is 4.30. The molecule has 0 bridgehead atoms. The molecular weight excluding hydrogens is 397 g/mol. The molecule has 2 aromatic rings. The number of ether oxygens (including phenoxy) is 1. The molecule has 0 spiro atoms. The minimum Gasteiger partial charge on any atom is -0.381 e. The van der Waals surface area contributed by atoms with Gasteiger partial charge in [0.05, 0.1) is 16.9 Å². The van der Waals surface area contributed by atoms with Gasteiger partial charge < -0.3 is 20.3 Å². The van der Waals surface area contributed by atoms with Gasteiger partial charge in [-0.05, 0) is 50.8 Å². The van der Waals surface area contributed by atoms with Gasteiger partial charge in [0.25, 0.3) is 5.91 Å². The van der Waals surface area contributed by atoms with Crippen LogP contribution in [0.2, 0.25) is 0 Å².